The topological polar surface area (TPSA) is 71.2 Å². The van der Waals surface area contributed by atoms with E-state index in [1.165, 1.54) is 0 Å². The Morgan fingerprint density at radius 2 is 1.79 bits per heavy atom. The van der Waals surface area contributed by atoms with Gasteiger partial charge in [-0.25, -0.2) is 9.67 Å². The summed E-state index contributed by atoms with van der Waals surface area (Å²) in [5.74, 6) is 1.35. The Balaban J connectivity index is 1.60. The van der Waals surface area contributed by atoms with Crippen molar-refractivity contribution in [3.05, 3.63) is 77.0 Å². The van der Waals surface area contributed by atoms with E-state index in [4.69, 9.17) is 9.47 Å². The molecule has 0 aliphatic carbocycles. The van der Waals surface area contributed by atoms with E-state index in [0.29, 0.717) is 35.5 Å². The Labute approximate surface area is 161 Å². The minimum absolute atomic E-state index is 0.104. The Hall–Kier alpha value is -3.61. The van der Waals surface area contributed by atoms with Crippen LogP contribution in [0.2, 0.25) is 0 Å². The van der Waals surface area contributed by atoms with E-state index in [9.17, 15) is 4.79 Å². The second-order valence-electron chi connectivity index (χ2n) is 6.31. The van der Waals surface area contributed by atoms with Crippen LogP contribution < -0.4 is 15.0 Å². The third-order valence-electron chi connectivity index (χ3n) is 4.64. The Morgan fingerprint density at radius 3 is 2.54 bits per heavy atom. The van der Waals surface area contributed by atoms with Crippen molar-refractivity contribution in [3.63, 3.8) is 0 Å². The molecule has 0 spiro atoms. The van der Waals surface area contributed by atoms with Gasteiger partial charge in [-0.15, -0.1) is 0 Å². The largest absolute Gasteiger partial charge is 0.493 e. The van der Waals surface area contributed by atoms with Crippen molar-refractivity contribution < 1.29 is 9.47 Å². The number of rotatable bonds is 6. The van der Waals surface area contributed by atoms with E-state index in [2.05, 4.69) is 10.1 Å². The smallest absolute Gasteiger partial charge is 0.264 e. The van der Waals surface area contributed by atoms with Crippen molar-refractivity contribution in [3.8, 4) is 17.2 Å². The fourth-order valence-corrected chi connectivity index (χ4v) is 3.15. The lowest BCUT2D eigenvalue weighted by atomic mass is 10.1. The summed E-state index contributed by atoms with van der Waals surface area (Å²) >= 11 is 0. The van der Waals surface area contributed by atoms with Gasteiger partial charge in [0.2, 0.25) is 0 Å². The first-order valence-corrected chi connectivity index (χ1v) is 8.91. The number of aryl methyl sites for hydroxylation is 2. The van der Waals surface area contributed by atoms with E-state index in [1.807, 2.05) is 48.5 Å². The monoisotopic (exact) mass is 376 g/mol. The maximum atomic E-state index is 12.8. The minimum Gasteiger partial charge on any atom is -0.493 e. The normalized spacial score (nSPS) is 10.9. The number of para-hydroxylation sites is 1. The predicted octanol–water partition coefficient (Wildman–Crippen LogP) is 2.84. The van der Waals surface area contributed by atoms with E-state index < -0.39 is 0 Å². The first-order valence-electron chi connectivity index (χ1n) is 8.91. The number of ether oxygens (including phenoxy) is 2. The molecule has 4 aromatic rings. The molecule has 28 heavy (non-hydrogen) atoms. The van der Waals surface area contributed by atoms with Crippen molar-refractivity contribution in [2.45, 2.75) is 13.0 Å². The summed E-state index contributed by atoms with van der Waals surface area (Å²) in [5.41, 5.74) is 2.36. The standard InChI is InChI=1S/C21H20N4O3/c1-27-18-9-8-15(12-19(18)28-2)10-11-24-14-22-20-17(21(24)26)13-23-25(20)16-6-4-3-5-7-16/h3-9,12-14H,10-11H2,1-2H3. The molecular weight excluding hydrogens is 356 g/mol. The molecule has 142 valence electrons. The first-order chi connectivity index (χ1) is 13.7. The van der Waals surface area contributed by atoms with Gasteiger partial charge in [0.25, 0.3) is 5.56 Å². The summed E-state index contributed by atoms with van der Waals surface area (Å²) in [5, 5.41) is 4.84. The van der Waals surface area contributed by atoms with Crippen LogP contribution in [0.4, 0.5) is 0 Å². The fraction of sp³-hybridized carbons (Fsp3) is 0.190. The zero-order chi connectivity index (χ0) is 19.5. The summed E-state index contributed by atoms with van der Waals surface area (Å²) in [7, 11) is 3.21. The van der Waals surface area contributed by atoms with Crippen LogP contribution in [0.15, 0.2) is 65.8 Å². The van der Waals surface area contributed by atoms with Crippen LogP contribution in [0.25, 0.3) is 16.7 Å². The van der Waals surface area contributed by atoms with E-state index in [0.717, 1.165) is 11.3 Å². The van der Waals surface area contributed by atoms with Gasteiger partial charge in [0.05, 0.1) is 32.4 Å². The van der Waals surface area contributed by atoms with Gasteiger partial charge >= 0.3 is 0 Å². The molecule has 0 radical (unpaired) electrons. The molecule has 4 rings (SSSR count). The third-order valence-corrected chi connectivity index (χ3v) is 4.64. The molecule has 2 aromatic heterocycles. The quantitative estimate of drug-likeness (QED) is 0.517. The number of nitrogens with zero attached hydrogens (tertiary/aromatic N) is 4. The summed E-state index contributed by atoms with van der Waals surface area (Å²) in [4.78, 5) is 17.3. The van der Waals surface area contributed by atoms with Gasteiger partial charge in [-0.1, -0.05) is 24.3 Å². The SMILES string of the molecule is COc1ccc(CCn2cnc3c(cnn3-c3ccccc3)c2=O)cc1OC. The number of hydrogen-bond donors (Lipinski definition) is 0. The average Bonchev–Trinajstić information content (AvgIpc) is 3.18. The molecule has 0 saturated heterocycles. The van der Waals surface area contributed by atoms with Crippen molar-refractivity contribution in [2.75, 3.05) is 14.2 Å². The van der Waals surface area contributed by atoms with Crippen LogP contribution >= 0.6 is 0 Å². The molecule has 0 bridgehead atoms. The van der Waals surface area contributed by atoms with Crippen LogP contribution in [0.3, 0.4) is 0 Å². The molecule has 0 aliphatic rings. The van der Waals surface area contributed by atoms with Gasteiger partial charge < -0.3 is 9.47 Å². The first kappa shape index (κ1) is 17.8. The van der Waals surface area contributed by atoms with Crippen LogP contribution in [-0.2, 0) is 13.0 Å². The van der Waals surface area contributed by atoms with Crippen molar-refractivity contribution >= 4 is 11.0 Å². The lowest BCUT2D eigenvalue weighted by molar-refractivity contribution is 0.354. The molecule has 2 aromatic carbocycles. The fourth-order valence-electron chi connectivity index (χ4n) is 3.15. The van der Waals surface area contributed by atoms with Gasteiger partial charge in [-0.2, -0.15) is 5.10 Å². The number of aromatic nitrogens is 4. The molecule has 0 aliphatic heterocycles. The molecule has 0 amide bonds. The molecule has 2 heterocycles. The lowest BCUT2D eigenvalue weighted by Gasteiger charge is -2.10. The number of hydrogen-bond acceptors (Lipinski definition) is 5. The van der Waals surface area contributed by atoms with Crippen LogP contribution in [-0.4, -0.2) is 33.6 Å². The molecule has 0 unspecified atom stereocenters. The summed E-state index contributed by atoms with van der Waals surface area (Å²) in [6, 6.07) is 15.4. The highest BCUT2D eigenvalue weighted by Crippen LogP contribution is 2.27. The molecule has 0 saturated carbocycles. The third kappa shape index (κ3) is 3.22. The highest BCUT2D eigenvalue weighted by molar-refractivity contribution is 5.74. The number of fused-ring (bicyclic) bond motifs is 1. The van der Waals surface area contributed by atoms with Crippen molar-refractivity contribution in [1.82, 2.24) is 19.3 Å². The van der Waals surface area contributed by atoms with E-state index in [1.54, 1.807) is 36.0 Å². The second kappa shape index (κ2) is 7.56. The van der Waals surface area contributed by atoms with Crippen LogP contribution in [0.5, 0.6) is 11.5 Å². The Bertz CT molecular complexity index is 1170. The van der Waals surface area contributed by atoms with Crippen LogP contribution in [0, 0.1) is 0 Å². The zero-order valence-corrected chi connectivity index (χ0v) is 15.7. The highest BCUT2D eigenvalue weighted by atomic mass is 16.5. The van der Waals surface area contributed by atoms with Gasteiger partial charge in [0.1, 0.15) is 5.39 Å². The Kier molecular flexibility index (Phi) is 4.80. The summed E-state index contributed by atoms with van der Waals surface area (Å²) in [6.07, 6.45) is 3.82. The van der Waals surface area contributed by atoms with E-state index >= 15 is 0 Å². The molecular formula is C21H20N4O3. The van der Waals surface area contributed by atoms with Gasteiger partial charge in [-0.05, 0) is 36.2 Å². The van der Waals surface area contributed by atoms with Gasteiger partial charge in [0, 0.05) is 6.54 Å². The second-order valence-corrected chi connectivity index (χ2v) is 6.31. The number of methoxy groups -OCH3 is 2. The highest BCUT2D eigenvalue weighted by Gasteiger charge is 2.12. The average molecular weight is 376 g/mol. The van der Waals surface area contributed by atoms with Crippen molar-refractivity contribution in [2.24, 2.45) is 0 Å². The van der Waals surface area contributed by atoms with E-state index in [-0.39, 0.29) is 5.56 Å². The van der Waals surface area contributed by atoms with Crippen molar-refractivity contribution in [1.29, 1.82) is 0 Å². The molecule has 7 nitrogen and oxygen atoms in total. The lowest BCUT2D eigenvalue weighted by Crippen LogP contribution is -2.21. The summed E-state index contributed by atoms with van der Waals surface area (Å²) < 4.78 is 13.9. The Morgan fingerprint density at radius 1 is 1.00 bits per heavy atom. The van der Waals surface area contributed by atoms with Crippen LogP contribution in [0.1, 0.15) is 5.56 Å². The van der Waals surface area contributed by atoms with Gasteiger partial charge in [-0.3, -0.25) is 9.36 Å². The molecule has 0 atom stereocenters. The molecule has 0 N–H and O–H groups in total. The predicted molar refractivity (Wildman–Crippen MR) is 106 cm³/mol. The summed E-state index contributed by atoms with van der Waals surface area (Å²) in [6.45, 7) is 0.508. The number of benzene rings is 2. The molecule has 7 heteroatoms. The maximum Gasteiger partial charge on any atom is 0.264 e. The molecule has 0 fully saturated rings. The van der Waals surface area contributed by atoms with Gasteiger partial charge in [0.15, 0.2) is 17.1 Å². The maximum absolute atomic E-state index is 12.8. The zero-order valence-electron chi connectivity index (χ0n) is 15.7. The minimum atomic E-state index is -0.104.